The molecule has 0 atom stereocenters. The van der Waals surface area contributed by atoms with Crippen molar-refractivity contribution < 1.29 is 19.0 Å². The smallest absolute Gasteiger partial charge is 0.273 e. The highest BCUT2D eigenvalue weighted by Gasteiger charge is 2.16. The molecule has 0 saturated heterocycles. The van der Waals surface area contributed by atoms with Crippen LogP contribution in [0, 0.1) is 0 Å². The summed E-state index contributed by atoms with van der Waals surface area (Å²) in [4.78, 5) is 19.0. The highest BCUT2D eigenvalue weighted by Crippen LogP contribution is 2.27. The maximum absolute atomic E-state index is 12.7. The SMILES string of the molecule is COc1ccc(Cc2nc(C(=O)N(C)CCc3ccc(OC)c(OC)c3)cs2)cc1. The van der Waals surface area contributed by atoms with E-state index < -0.39 is 0 Å². The van der Waals surface area contributed by atoms with E-state index in [9.17, 15) is 4.79 Å². The average molecular weight is 427 g/mol. The van der Waals surface area contributed by atoms with Gasteiger partial charge < -0.3 is 19.1 Å². The molecule has 3 aromatic rings. The van der Waals surface area contributed by atoms with E-state index in [1.807, 2.05) is 47.8 Å². The Labute approximate surface area is 181 Å². The highest BCUT2D eigenvalue weighted by molar-refractivity contribution is 7.09. The maximum Gasteiger partial charge on any atom is 0.273 e. The lowest BCUT2D eigenvalue weighted by atomic mass is 10.1. The van der Waals surface area contributed by atoms with Crippen molar-refractivity contribution >= 4 is 17.2 Å². The third-order valence-corrected chi connectivity index (χ3v) is 5.66. The van der Waals surface area contributed by atoms with Crippen LogP contribution in [-0.2, 0) is 12.8 Å². The van der Waals surface area contributed by atoms with E-state index in [1.165, 1.54) is 11.3 Å². The predicted molar refractivity (Wildman–Crippen MR) is 118 cm³/mol. The molecule has 0 aliphatic carbocycles. The molecule has 1 aromatic heterocycles. The van der Waals surface area contributed by atoms with Crippen LogP contribution in [0.15, 0.2) is 47.8 Å². The van der Waals surface area contributed by atoms with Gasteiger partial charge in [-0.1, -0.05) is 18.2 Å². The number of hydrogen-bond donors (Lipinski definition) is 0. The van der Waals surface area contributed by atoms with E-state index in [4.69, 9.17) is 14.2 Å². The first-order valence-electron chi connectivity index (χ1n) is 9.57. The lowest BCUT2D eigenvalue weighted by molar-refractivity contribution is 0.0791. The van der Waals surface area contributed by atoms with Gasteiger partial charge in [-0.2, -0.15) is 0 Å². The zero-order valence-corrected chi connectivity index (χ0v) is 18.5. The Morgan fingerprint density at radius 3 is 2.33 bits per heavy atom. The molecule has 0 unspecified atom stereocenters. The van der Waals surface area contributed by atoms with Gasteiger partial charge in [0.2, 0.25) is 0 Å². The third-order valence-electron chi connectivity index (χ3n) is 4.82. The fraction of sp³-hybridized carbons (Fsp3) is 0.304. The van der Waals surface area contributed by atoms with Gasteiger partial charge in [0.05, 0.1) is 26.3 Å². The zero-order chi connectivity index (χ0) is 21.5. The minimum absolute atomic E-state index is 0.0762. The minimum Gasteiger partial charge on any atom is -0.497 e. The van der Waals surface area contributed by atoms with Gasteiger partial charge in [0, 0.05) is 25.4 Å². The van der Waals surface area contributed by atoms with Crippen molar-refractivity contribution in [2.24, 2.45) is 0 Å². The number of amides is 1. The Balaban J connectivity index is 1.58. The van der Waals surface area contributed by atoms with Gasteiger partial charge in [0.1, 0.15) is 11.4 Å². The monoisotopic (exact) mass is 426 g/mol. The summed E-state index contributed by atoms with van der Waals surface area (Å²) in [5.74, 6) is 2.13. The Hall–Kier alpha value is -3.06. The van der Waals surface area contributed by atoms with Crippen molar-refractivity contribution in [2.75, 3.05) is 34.9 Å². The summed E-state index contributed by atoms with van der Waals surface area (Å²) in [5.41, 5.74) is 2.69. The number of methoxy groups -OCH3 is 3. The van der Waals surface area contributed by atoms with Crippen molar-refractivity contribution in [1.29, 1.82) is 0 Å². The number of aromatic nitrogens is 1. The molecular formula is C23H26N2O4S. The number of ether oxygens (including phenoxy) is 3. The van der Waals surface area contributed by atoms with E-state index in [0.29, 0.717) is 36.6 Å². The Morgan fingerprint density at radius 1 is 0.967 bits per heavy atom. The fourth-order valence-electron chi connectivity index (χ4n) is 3.04. The van der Waals surface area contributed by atoms with Crippen LogP contribution in [0.25, 0.3) is 0 Å². The summed E-state index contributed by atoms with van der Waals surface area (Å²) in [6.45, 7) is 0.583. The number of rotatable bonds is 9. The van der Waals surface area contributed by atoms with Crippen LogP contribution in [0.3, 0.4) is 0 Å². The molecule has 7 heteroatoms. The number of carbonyl (C=O) groups excluding carboxylic acids is 1. The maximum atomic E-state index is 12.7. The summed E-state index contributed by atoms with van der Waals surface area (Å²) >= 11 is 1.50. The molecule has 0 N–H and O–H groups in total. The molecule has 1 amide bonds. The van der Waals surface area contributed by atoms with Crippen molar-refractivity contribution in [3.63, 3.8) is 0 Å². The van der Waals surface area contributed by atoms with Gasteiger partial charge in [-0.3, -0.25) is 4.79 Å². The van der Waals surface area contributed by atoms with Crippen LogP contribution in [0.2, 0.25) is 0 Å². The molecule has 0 aliphatic rings. The van der Waals surface area contributed by atoms with Gasteiger partial charge in [0.15, 0.2) is 11.5 Å². The largest absolute Gasteiger partial charge is 0.497 e. The Morgan fingerprint density at radius 2 is 1.67 bits per heavy atom. The first kappa shape index (κ1) is 21.6. The van der Waals surface area contributed by atoms with Gasteiger partial charge in [-0.05, 0) is 41.8 Å². The van der Waals surface area contributed by atoms with E-state index in [-0.39, 0.29) is 5.91 Å². The van der Waals surface area contributed by atoms with E-state index >= 15 is 0 Å². The lowest BCUT2D eigenvalue weighted by Crippen LogP contribution is -2.29. The Bertz CT molecular complexity index is 985. The molecule has 3 rings (SSSR count). The molecule has 0 bridgehead atoms. The van der Waals surface area contributed by atoms with Gasteiger partial charge in [-0.15, -0.1) is 11.3 Å². The second-order valence-electron chi connectivity index (χ2n) is 6.82. The molecule has 0 saturated carbocycles. The van der Waals surface area contributed by atoms with Gasteiger partial charge in [-0.25, -0.2) is 4.98 Å². The lowest BCUT2D eigenvalue weighted by Gasteiger charge is -2.16. The average Bonchev–Trinajstić information content (AvgIpc) is 3.25. The molecule has 30 heavy (non-hydrogen) atoms. The highest BCUT2D eigenvalue weighted by atomic mass is 32.1. The van der Waals surface area contributed by atoms with Crippen LogP contribution < -0.4 is 14.2 Å². The number of benzene rings is 2. The number of hydrogen-bond acceptors (Lipinski definition) is 6. The molecule has 158 valence electrons. The first-order chi connectivity index (χ1) is 14.5. The summed E-state index contributed by atoms with van der Waals surface area (Å²) in [6.07, 6.45) is 1.41. The normalized spacial score (nSPS) is 10.5. The molecule has 0 spiro atoms. The summed E-state index contributed by atoms with van der Waals surface area (Å²) in [6, 6.07) is 13.7. The van der Waals surface area contributed by atoms with E-state index in [1.54, 1.807) is 33.3 Å². The van der Waals surface area contributed by atoms with E-state index in [2.05, 4.69) is 4.98 Å². The van der Waals surface area contributed by atoms with Crippen LogP contribution >= 0.6 is 11.3 Å². The van der Waals surface area contributed by atoms with Crippen molar-refractivity contribution in [2.45, 2.75) is 12.8 Å². The van der Waals surface area contributed by atoms with Crippen LogP contribution in [0.1, 0.15) is 26.6 Å². The molecule has 0 aliphatic heterocycles. The van der Waals surface area contributed by atoms with Gasteiger partial charge >= 0.3 is 0 Å². The minimum atomic E-state index is -0.0762. The van der Waals surface area contributed by atoms with Crippen molar-refractivity contribution in [3.8, 4) is 17.2 Å². The molecule has 6 nitrogen and oxygen atoms in total. The molecule has 0 radical (unpaired) electrons. The fourth-order valence-corrected chi connectivity index (χ4v) is 3.84. The standard InChI is InChI=1S/C23H26N2O4S/c1-25(12-11-17-7-10-20(28-3)21(13-17)29-4)23(26)19-15-30-22(24-19)14-16-5-8-18(27-2)9-6-16/h5-10,13,15H,11-12,14H2,1-4H3. The number of thiazole rings is 1. The van der Waals surface area contributed by atoms with Crippen LogP contribution in [0.5, 0.6) is 17.2 Å². The first-order valence-corrected chi connectivity index (χ1v) is 10.5. The third kappa shape index (κ3) is 5.30. The van der Waals surface area contributed by atoms with Crippen LogP contribution in [-0.4, -0.2) is 50.7 Å². The summed E-state index contributed by atoms with van der Waals surface area (Å²) in [7, 11) is 6.67. The molecule has 0 fully saturated rings. The zero-order valence-electron chi connectivity index (χ0n) is 17.7. The predicted octanol–water partition coefficient (Wildman–Crippen LogP) is 4.07. The summed E-state index contributed by atoms with van der Waals surface area (Å²) < 4.78 is 15.8. The molecule has 2 aromatic carbocycles. The second-order valence-corrected chi connectivity index (χ2v) is 7.76. The summed E-state index contributed by atoms with van der Waals surface area (Å²) in [5, 5.41) is 2.74. The Kier molecular flexibility index (Phi) is 7.30. The number of nitrogens with zero attached hydrogens (tertiary/aromatic N) is 2. The second kappa shape index (κ2) is 10.1. The molecule has 1 heterocycles. The van der Waals surface area contributed by atoms with E-state index in [0.717, 1.165) is 21.9 Å². The number of carbonyl (C=O) groups is 1. The van der Waals surface area contributed by atoms with Crippen LogP contribution in [0.4, 0.5) is 0 Å². The van der Waals surface area contributed by atoms with Gasteiger partial charge in [0.25, 0.3) is 5.91 Å². The van der Waals surface area contributed by atoms with Crippen molar-refractivity contribution in [3.05, 3.63) is 69.7 Å². The topological polar surface area (TPSA) is 60.9 Å². The quantitative estimate of drug-likeness (QED) is 0.516. The molecular weight excluding hydrogens is 400 g/mol. The number of likely N-dealkylation sites (N-methyl/N-ethyl adjacent to an activating group) is 1. The van der Waals surface area contributed by atoms with Crippen molar-refractivity contribution in [1.82, 2.24) is 9.88 Å².